The number of hydrogen-bond donors (Lipinski definition) is 6. The number of aliphatic hydroxyl groups is 4. The summed E-state index contributed by atoms with van der Waals surface area (Å²) < 4.78 is 4.32. The van der Waals surface area contributed by atoms with Crippen LogP contribution in [0.1, 0.15) is 0 Å². The van der Waals surface area contributed by atoms with Crippen LogP contribution >= 0.6 is 0 Å². The monoisotopic (exact) mass is 338 g/mol. The molecular formula is C8H10CaO12. The summed E-state index contributed by atoms with van der Waals surface area (Å²) in [5.41, 5.74) is 0. The van der Waals surface area contributed by atoms with Crippen molar-refractivity contribution in [3.05, 3.63) is 11.5 Å². The van der Waals surface area contributed by atoms with Gasteiger partial charge in [0.2, 0.25) is 18.1 Å². The zero-order chi connectivity index (χ0) is 16.5. The molecule has 0 fully saturated rings. The van der Waals surface area contributed by atoms with E-state index < -0.39 is 48.6 Å². The van der Waals surface area contributed by atoms with Gasteiger partial charge in [-0.3, -0.25) is 0 Å². The van der Waals surface area contributed by atoms with Gasteiger partial charge in [-0.25, -0.2) is 4.79 Å². The number of ether oxygens (including phenoxy) is 1. The quantitative estimate of drug-likeness (QED) is 0.209. The number of carboxylic acid groups (broad SMARTS) is 4. The van der Waals surface area contributed by atoms with E-state index in [1.165, 1.54) is 0 Å². The smallest absolute Gasteiger partial charge is 0.565 e. The molecule has 21 heavy (non-hydrogen) atoms. The minimum absolute atomic E-state index is 0. The van der Waals surface area contributed by atoms with E-state index in [0.29, 0.717) is 0 Å². The molecule has 1 rings (SSSR count). The van der Waals surface area contributed by atoms with E-state index in [9.17, 15) is 4.79 Å². The molecule has 116 valence electrons. The SMILES string of the molecule is O=C([O-])O.O=C([O-])O.O=C1O[C@H](C(O)CO)C(O)=C1O.[Ca+2]. The predicted molar refractivity (Wildman–Crippen MR) is 57.1 cm³/mol. The second-order valence-electron chi connectivity index (χ2n) is 2.84. The number of esters is 1. The van der Waals surface area contributed by atoms with Crippen LogP contribution in [0.4, 0.5) is 9.59 Å². The topological polar surface area (TPSA) is 228 Å². The van der Waals surface area contributed by atoms with Gasteiger partial charge in [-0.15, -0.1) is 0 Å². The molecule has 1 heterocycles. The van der Waals surface area contributed by atoms with Crippen molar-refractivity contribution in [2.45, 2.75) is 12.2 Å². The van der Waals surface area contributed by atoms with Crippen LogP contribution in [0, 0.1) is 0 Å². The van der Waals surface area contributed by atoms with Crippen molar-refractivity contribution in [2.24, 2.45) is 0 Å². The van der Waals surface area contributed by atoms with Crippen LogP contribution in [0.2, 0.25) is 0 Å². The molecule has 2 atom stereocenters. The van der Waals surface area contributed by atoms with Crippen molar-refractivity contribution in [3.8, 4) is 0 Å². The third-order valence-electron chi connectivity index (χ3n) is 1.48. The number of carbonyl (C=O) groups excluding carboxylic acids is 1. The Kier molecular flexibility index (Phi) is 14.4. The van der Waals surface area contributed by atoms with Crippen molar-refractivity contribution in [1.82, 2.24) is 0 Å². The van der Waals surface area contributed by atoms with Gasteiger partial charge >= 0.3 is 43.7 Å². The molecule has 0 saturated heterocycles. The van der Waals surface area contributed by atoms with Gasteiger partial charge in [-0.2, -0.15) is 0 Å². The Hall–Kier alpha value is -1.47. The van der Waals surface area contributed by atoms with Crippen LogP contribution in [0.5, 0.6) is 0 Å². The van der Waals surface area contributed by atoms with Crippen molar-refractivity contribution < 1.29 is 60.0 Å². The van der Waals surface area contributed by atoms with Gasteiger partial charge < -0.3 is 55.2 Å². The first-order chi connectivity index (χ1) is 9.04. The summed E-state index contributed by atoms with van der Waals surface area (Å²) in [6.45, 7) is -0.671. The van der Waals surface area contributed by atoms with Crippen LogP contribution in [0.15, 0.2) is 11.5 Å². The molecule has 13 heteroatoms. The Morgan fingerprint density at radius 3 is 1.71 bits per heavy atom. The summed E-state index contributed by atoms with van der Waals surface area (Å²) in [5.74, 6) is -2.78. The van der Waals surface area contributed by atoms with Crippen LogP contribution in [-0.2, 0) is 9.53 Å². The fourth-order valence-corrected chi connectivity index (χ4v) is 0.823. The summed E-state index contributed by atoms with van der Waals surface area (Å²) in [4.78, 5) is 27.4. The summed E-state index contributed by atoms with van der Waals surface area (Å²) in [6, 6.07) is 0. The van der Waals surface area contributed by atoms with Crippen LogP contribution in [0.3, 0.4) is 0 Å². The first-order valence-corrected chi connectivity index (χ1v) is 4.46. The summed E-state index contributed by atoms with van der Waals surface area (Å²) in [7, 11) is 0. The van der Waals surface area contributed by atoms with E-state index in [1.807, 2.05) is 0 Å². The Morgan fingerprint density at radius 2 is 1.52 bits per heavy atom. The molecule has 0 saturated carbocycles. The molecule has 6 N–H and O–H groups in total. The molecule has 0 bridgehead atoms. The standard InChI is InChI=1S/C6H8O6.2CH2O3.Ca/c7-1-2(8)5-3(9)4(10)6(11)12-5;2*2-1(3)4;/h2,5,7-10H,1H2;2*(H2,2,3,4);/q;;;+2/p-2/t2?,5-;;;/m1.../s1. The summed E-state index contributed by atoms with van der Waals surface area (Å²) in [6.07, 6.45) is -6.94. The van der Waals surface area contributed by atoms with Crippen LogP contribution in [0.25, 0.3) is 0 Å². The Morgan fingerprint density at radius 1 is 1.19 bits per heavy atom. The van der Waals surface area contributed by atoms with Gasteiger partial charge in [0.25, 0.3) is 0 Å². The van der Waals surface area contributed by atoms with Crippen molar-refractivity contribution in [3.63, 3.8) is 0 Å². The molecule has 0 radical (unpaired) electrons. The zero-order valence-corrected chi connectivity index (χ0v) is 12.4. The molecule has 0 amide bonds. The molecule has 1 aliphatic rings. The predicted octanol–water partition coefficient (Wildman–Crippen LogP) is -4.01. The largest absolute Gasteiger partial charge is 2.00 e. The zero-order valence-electron chi connectivity index (χ0n) is 10.2. The molecule has 0 aliphatic carbocycles. The van der Waals surface area contributed by atoms with E-state index >= 15 is 0 Å². The van der Waals surface area contributed by atoms with Gasteiger partial charge in [-0.05, 0) is 0 Å². The maximum atomic E-state index is 10.5. The minimum Gasteiger partial charge on any atom is -0.565 e. The van der Waals surface area contributed by atoms with Crippen molar-refractivity contribution in [2.75, 3.05) is 6.61 Å². The average Bonchev–Trinajstić information content (AvgIpc) is 2.54. The number of hydrogen-bond acceptors (Lipinski definition) is 10. The third-order valence-corrected chi connectivity index (χ3v) is 1.48. The van der Waals surface area contributed by atoms with E-state index in [0.717, 1.165) is 0 Å². The Bertz CT molecular complexity index is 371. The molecule has 0 aromatic rings. The third kappa shape index (κ3) is 12.0. The molecular weight excluding hydrogens is 328 g/mol. The maximum absolute atomic E-state index is 10.5. The van der Waals surface area contributed by atoms with Crippen molar-refractivity contribution >= 4 is 56.0 Å². The summed E-state index contributed by atoms with van der Waals surface area (Å²) in [5, 5.41) is 65.7. The van der Waals surface area contributed by atoms with E-state index in [4.69, 9.17) is 50.4 Å². The van der Waals surface area contributed by atoms with E-state index in [-0.39, 0.29) is 37.7 Å². The first-order valence-electron chi connectivity index (χ1n) is 4.46. The number of rotatable bonds is 2. The molecule has 1 aliphatic heterocycles. The van der Waals surface area contributed by atoms with E-state index in [1.54, 1.807) is 0 Å². The molecule has 0 aromatic carbocycles. The van der Waals surface area contributed by atoms with Gasteiger partial charge in [0.15, 0.2) is 11.9 Å². The van der Waals surface area contributed by atoms with Crippen LogP contribution < -0.4 is 10.2 Å². The normalized spacial score (nSPS) is 17.0. The molecule has 0 aromatic heterocycles. The van der Waals surface area contributed by atoms with Gasteiger partial charge in [0.1, 0.15) is 6.10 Å². The number of aliphatic hydroxyl groups excluding tert-OH is 4. The average molecular weight is 338 g/mol. The molecule has 1 unspecified atom stereocenters. The van der Waals surface area contributed by atoms with E-state index in [2.05, 4.69) is 4.74 Å². The summed E-state index contributed by atoms with van der Waals surface area (Å²) >= 11 is 0. The minimum atomic E-state index is -2.08. The number of carbonyl (C=O) groups is 3. The molecule has 12 nitrogen and oxygen atoms in total. The molecule has 0 spiro atoms. The van der Waals surface area contributed by atoms with Crippen LogP contribution in [-0.4, -0.2) is 105 Å². The number of cyclic esters (lactones) is 1. The Balaban J connectivity index is -0.000000304. The Labute approximate surface area is 146 Å². The maximum Gasteiger partial charge on any atom is 2.00 e. The second kappa shape index (κ2) is 12.3. The van der Waals surface area contributed by atoms with Gasteiger partial charge in [-0.1, -0.05) is 0 Å². The van der Waals surface area contributed by atoms with Gasteiger partial charge in [0, 0.05) is 0 Å². The second-order valence-corrected chi connectivity index (χ2v) is 2.84. The fraction of sp³-hybridized carbons (Fsp3) is 0.375. The van der Waals surface area contributed by atoms with Crippen molar-refractivity contribution in [1.29, 1.82) is 0 Å². The first kappa shape index (κ1) is 24.5. The fourth-order valence-electron chi connectivity index (χ4n) is 0.823. The van der Waals surface area contributed by atoms with Gasteiger partial charge in [0.05, 0.1) is 6.61 Å².